The number of imide groups is 2. The van der Waals surface area contributed by atoms with Crippen LogP contribution < -0.4 is 10.6 Å². The largest absolute Gasteiger partial charge is 0.380 e. The number of likely N-dealkylation sites (tertiary alicyclic amines) is 1. The SMILES string of the molecule is O=C1CCC(N2C(=O)c3cccc(NCc4cnn(C5CCN(C6CCCCC6)CC5)c4)c3C2=O)C(=O)N1. The van der Waals surface area contributed by atoms with E-state index in [9.17, 15) is 19.2 Å². The molecule has 0 spiro atoms. The number of piperidine rings is 2. The van der Waals surface area contributed by atoms with Crippen molar-refractivity contribution in [3.8, 4) is 0 Å². The zero-order chi connectivity index (χ0) is 26.2. The molecule has 3 fully saturated rings. The molecule has 3 aliphatic heterocycles. The molecule has 4 heterocycles. The second kappa shape index (κ2) is 10.3. The predicted molar refractivity (Wildman–Crippen MR) is 139 cm³/mol. The number of carbonyl (C=O) groups is 4. The van der Waals surface area contributed by atoms with E-state index >= 15 is 0 Å². The molecule has 10 nitrogen and oxygen atoms in total. The standard InChI is InChI=1S/C28H34N6O4/c35-24-10-9-23(26(36)31-24)34-27(37)21-7-4-8-22(25(21)28(34)38)29-15-18-16-30-33(17-18)20-11-13-32(14-12-20)19-5-2-1-3-6-19/h4,7-8,16-17,19-20,23,29H,1-3,5-6,9-15H2,(H,31,35,36). The second-order valence-corrected chi connectivity index (χ2v) is 10.9. The molecule has 1 aliphatic carbocycles. The van der Waals surface area contributed by atoms with Crippen molar-refractivity contribution >= 4 is 29.3 Å². The summed E-state index contributed by atoms with van der Waals surface area (Å²) in [6.07, 6.45) is 13.1. The first-order chi connectivity index (χ1) is 18.5. The van der Waals surface area contributed by atoms with Crippen LogP contribution in [0.5, 0.6) is 0 Å². The van der Waals surface area contributed by atoms with Crippen LogP contribution in [0, 0.1) is 0 Å². The van der Waals surface area contributed by atoms with E-state index in [2.05, 4.69) is 31.5 Å². The van der Waals surface area contributed by atoms with Gasteiger partial charge in [0.25, 0.3) is 11.8 Å². The molecule has 0 bridgehead atoms. The molecule has 1 aromatic heterocycles. The highest BCUT2D eigenvalue weighted by molar-refractivity contribution is 6.25. The van der Waals surface area contributed by atoms with Crippen LogP contribution in [-0.2, 0) is 16.1 Å². The normalized spacial score (nSPS) is 23.6. The first-order valence-electron chi connectivity index (χ1n) is 13.8. The number of hydrogen-bond acceptors (Lipinski definition) is 7. The third-order valence-electron chi connectivity index (χ3n) is 8.57. The van der Waals surface area contributed by atoms with Gasteiger partial charge in [0.1, 0.15) is 6.04 Å². The summed E-state index contributed by atoms with van der Waals surface area (Å²) in [6.45, 7) is 2.70. The van der Waals surface area contributed by atoms with Gasteiger partial charge < -0.3 is 10.2 Å². The summed E-state index contributed by atoms with van der Waals surface area (Å²) in [4.78, 5) is 53.9. The third kappa shape index (κ3) is 4.62. The van der Waals surface area contributed by atoms with Gasteiger partial charge in [0.2, 0.25) is 11.8 Å². The molecule has 1 saturated carbocycles. The van der Waals surface area contributed by atoms with Crippen LogP contribution >= 0.6 is 0 Å². The average molecular weight is 519 g/mol. The van der Waals surface area contributed by atoms with Crippen LogP contribution in [-0.4, -0.2) is 68.4 Å². The molecule has 1 aromatic carbocycles. The number of benzene rings is 1. The van der Waals surface area contributed by atoms with E-state index < -0.39 is 23.8 Å². The summed E-state index contributed by atoms with van der Waals surface area (Å²) in [5, 5.41) is 10.2. The summed E-state index contributed by atoms with van der Waals surface area (Å²) in [5.41, 5.74) is 2.08. The number of amides is 4. The van der Waals surface area contributed by atoms with E-state index in [1.165, 1.54) is 32.1 Å². The quantitative estimate of drug-likeness (QED) is 0.565. The van der Waals surface area contributed by atoms with E-state index in [-0.39, 0.29) is 29.9 Å². The fourth-order valence-corrected chi connectivity index (χ4v) is 6.49. The van der Waals surface area contributed by atoms with Gasteiger partial charge in [-0.2, -0.15) is 5.10 Å². The Bertz CT molecular complexity index is 1260. The van der Waals surface area contributed by atoms with E-state index in [4.69, 9.17) is 0 Å². The number of hydrogen-bond donors (Lipinski definition) is 2. The summed E-state index contributed by atoms with van der Waals surface area (Å²) >= 11 is 0. The summed E-state index contributed by atoms with van der Waals surface area (Å²) in [6, 6.07) is 5.27. The Balaban J connectivity index is 1.09. The van der Waals surface area contributed by atoms with Gasteiger partial charge in [-0.05, 0) is 44.2 Å². The first-order valence-corrected chi connectivity index (χ1v) is 13.8. The number of aromatic nitrogens is 2. The van der Waals surface area contributed by atoms with Crippen molar-refractivity contribution in [3.05, 3.63) is 47.3 Å². The first kappa shape index (κ1) is 24.8. The molecule has 0 radical (unpaired) electrons. The average Bonchev–Trinajstić information content (AvgIpc) is 3.51. The predicted octanol–water partition coefficient (Wildman–Crippen LogP) is 2.87. The van der Waals surface area contributed by atoms with Gasteiger partial charge >= 0.3 is 0 Å². The Kier molecular flexibility index (Phi) is 6.73. The smallest absolute Gasteiger partial charge is 0.264 e. The molecular weight excluding hydrogens is 484 g/mol. The van der Waals surface area contributed by atoms with E-state index in [0.717, 1.165) is 42.4 Å². The summed E-state index contributed by atoms with van der Waals surface area (Å²) in [7, 11) is 0. The van der Waals surface area contributed by atoms with Crippen LogP contribution in [0.3, 0.4) is 0 Å². The molecule has 2 saturated heterocycles. The number of carbonyl (C=O) groups excluding carboxylic acids is 4. The van der Waals surface area contributed by atoms with Crippen molar-refractivity contribution in [1.29, 1.82) is 0 Å². The molecule has 1 atom stereocenters. The Morgan fingerprint density at radius 1 is 0.921 bits per heavy atom. The molecule has 38 heavy (non-hydrogen) atoms. The molecule has 200 valence electrons. The zero-order valence-corrected chi connectivity index (χ0v) is 21.5. The number of rotatable bonds is 6. The zero-order valence-electron chi connectivity index (χ0n) is 21.5. The van der Waals surface area contributed by atoms with E-state index in [1.54, 1.807) is 18.2 Å². The van der Waals surface area contributed by atoms with Crippen LogP contribution in [0.1, 0.15) is 90.1 Å². The van der Waals surface area contributed by atoms with Crippen molar-refractivity contribution < 1.29 is 19.2 Å². The van der Waals surface area contributed by atoms with Crippen molar-refractivity contribution in [3.63, 3.8) is 0 Å². The van der Waals surface area contributed by atoms with Crippen molar-refractivity contribution in [2.24, 2.45) is 0 Å². The lowest BCUT2D eigenvalue weighted by Crippen LogP contribution is -2.54. The topological polar surface area (TPSA) is 117 Å². The second-order valence-electron chi connectivity index (χ2n) is 10.9. The van der Waals surface area contributed by atoms with E-state index in [1.807, 2.05) is 6.20 Å². The van der Waals surface area contributed by atoms with Gasteiger partial charge in [-0.3, -0.25) is 34.1 Å². The number of anilines is 1. The fourth-order valence-electron chi connectivity index (χ4n) is 6.49. The highest BCUT2D eigenvalue weighted by atomic mass is 16.2. The van der Waals surface area contributed by atoms with Crippen LogP contribution in [0.2, 0.25) is 0 Å². The lowest BCUT2D eigenvalue weighted by Gasteiger charge is -2.39. The Labute approximate surface area is 221 Å². The molecule has 4 amide bonds. The van der Waals surface area contributed by atoms with Crippen LogP contribution in [0.15, 0.2) is 30.6 Å². The maximum absolute atomic E-state index is 13.3. The monoisotopic (exact) mass is 518 g/mol. The lowest BCUT2D eigenvalue weighted by molar-refractivity contribution is -0.136. The number of nitrogens with one attached hydrogen (secondary N) is 2. The van der Waals surface area contributed by atoms with Gasteiger partial charge in [0, 0.05) is 49.5 Å². The van der Waals surface area contributed by atoms with Gasteiger partial charge in [-0.25, -0.2) is 0 Å². The maximum Gasteiger partial charge on any atom is 0.264 e. The third-order valence-corrected chi connectivity index (χ3v) is 8.57. The minimum Gasteiger partial charge on any atom is -0.380 e. The molecule has 10 heteroatoms. The fraction of sp³-hybridized carbons (Fsp3) is 0.536. The van der Waals surface area contributed by atoms with Gasteiger partial charge in [0.05, 0.1) is 23.4 Å². The Morgan fingerprint density at radius 2 is 1.71 bits per heavy atom. The molecule has 4 aliphatic rings. The minimum absolute atomic E-state index is 0.0957. The highest BCUT2D eigenvalue weighted by Crippen LogP contribution is 2.33. The number of fused-ring (bicyclic) bond motifs is 1. The summed E-state index contributed by atoms with van der Waals surface area (Å²) < 4.78 is 2.07. The van der Waals surface area contributed by atoms with Crippen LogP contribution in [0.4, 0.5) is 5.69 Å². The minimum atomic E-state index is -0.976. The van der Waals surface area contributed by atoms with Gasteiger partial charge in [-0.15, -0.1) is 0 Å². The van der Waals surface area contributed by atoms with Gasteiger partial charge in [0.15, 0.2) is 0 Å². The van der Waals surface area contributed by atoms with Crippen molar-refractivity contribution in [2.75, 3.05) is 18.4 Å². The van der Waals surface area contributed by atoms with Crippen molar-refractivity contribution in [2.45, 2.75) is 82.5 Å². The molecular formula is C28H34N6O4. The van der Waals surface area contributed by atoms with Crippen LogP contribution in [0.25, 0.3) is 0 Å². The Hall–Kier alpha value is -3.53. The Morgan fingerprint density at radius 3 is 2.47 bits per heavy atom. The molecule has 1 unspecified atom stereocenters. The number of nitrogens with zero attached hydrogens (tertiary/aromatic N) is 4. The molecule has 2 N–H and O–H groups in total. The van der Waals surface area contributed by atoms with Crippen molar-refractivity contribution in [1.82, 2.24) is 24.9 Å². The highest BCUT2D eigenvalue weighted by Gasteiger charge is 2.45. The molecule has 2 aromatic rings. The maximum atomic E-state index is 13.3. The summed E-state index contributed by atoms with van der Waals surface area (Å²) in [5.74, 6) is -2.01. The van der Waals surface area contributed by atoms with Gasteiger partial charge in [-0.1, -0.05) is 25.3 Å². The lowest BCUT2D eigenvalue weighted by atomic mass is 9.92. The van der Waals surface area contributed by atoms with E-state index in [0.29, 0.717) is 18.3 Å². The molecule has 6 rings (SSSR count).